The number of hydrogen-bond acceptors (Lipinski definition) is 3. The molecule has 0 unspecified atom stereocenters. The minimum absolute atomic E-state index is 0.0572. The summed E-state index contributed by atoms with van der Waals surface area (Å²) in [6.45, 7) is -4.68. The number of rotatable bonds is 3. The van der Waals surface area contributed by atoms with Gasteiger partial charge in [-0.25, -0.2) is 0 Å². The van der Waals surface area contributed by atoms with Gasteiger partial charge in [0.15, 0.2) is 0 Å². The van der Waals surface area contributed by atoms with Gasteiger partial charge >= 0.3 is 0 Å². The van der Waals surface area contributed by atoms with Gasteiger partial charge in [0.2, 0.25) is 0 Å². The standard InChI is InChI=1S/C22H16Cl2N4O/c1-27-10-16-14(4-2-6-20(16)26-27)13-8-18(23)17(19(24)9-13)11-28-12-21-15(22(28)29)5-3-7-25-21/h2-10H,11-12H2,1H3/i1D3,12D2. The summed E-state index contributed by atoms with van der Waals surface area (Å²) in [5, 5.41) is 5.25. The van der Waals surface area contributed by atoms with Crippen LogP contribution in [0.4, 0.5) is 0 Å². The SMILES string of the molecule is [2H]C1([2H])c2ncccc2C(=O)N1Cc1c(Cl)cc(-c2cccc3nn(C([2H])([2H])[2H])cc23)cc1Cl. The molecule has 0 saturated heterocycles. The fraction of sp³-hybridized carbons (Fsp3) is 0.136. The van der Waals surface area contributed by atoms with Crippen LogP contribution in [0.3, 0.4) is 0 Å². The topological polar surface area (TPSA) is 51.0 Å². The third-order valence-corrected chi connectivity index (χ3v) is 5.52. The van der Waals surface area contributed by atoms with Gasteiger partial charge in [0.25, 0.3) is 5.91 Å². The molecule has 2 aromatic carbocycles. The number of nitrogens with zero attached hydrogens (tertiary/aromatic N) is 4. The molecular formula is C22H16Cl2N4O. The summed E-state index contributed by atoms with van der Waals surface area (Å²) in [7, 11) is 0. The number of hydrogen-bond donors (Lipinski definition) is 0. The monoisotopic (exact) mass is 427 g/mol. The second-order valence-electron chi connectivity index (χ2n) is 6.63. The number of aryl methyl sites for hydroxylation is 1. The first-order valence-corrected chi connectivity index (χ1v) is 9.48. The Morgan fingerprint density at radius 1 is 1.17 bits per heavy atom. The molecule has 5 rings (SSSR count). The van der Waals surface area contributed by atoms with Crippen molar-refractivity contribution in [1.82, 2.24) is 19.7 Å². The van der Waals surface area contributed by atoms with Gasteiger partial charge in [-0.15, -0.1) is 0 Å². The van der Waals surface area contributed by atoms with E-state index in [2.05, 4.69) is 10.1 Å². The minimum Gasteiger partial charge on any atom is -0.328 e. The third kappa shape index (κ3) is 3.07. The summed E-state index contributed by atoms with van der Waals surface area (Å²) in [5.74, 6) is -0.494. The van der Waals surface area contributed by atoms with Crippen LogP contribution in [0.15, 0.2) is 54.9 Å². The molecule has 0 bridgehead atoms. The van der Waals surface area contributed by atoms with Crippen molar-refractivity contribution in [2.24, 2.45) is 6.98 Å². The number of aromatic nitrogens is 3. The number of benzene rings is 2. The van der Waals surface area contributed by atoms with Crippen molar-refractivity contribution in [3.05, 3.63) is 81.7 Å². The normalized spacial score (nSPS) is 18.1. The van der Waals surface area contributed by atoms with Gasteiger partial charge in [0.05, 0.1) is 26.0 Å². The number of carbonyl (C=O) groups excluding carboxylic acids is 1. The molecule has 5 nitrogen and oxygen atoms in total. The van der Waals surface area contributed by atoms with Crippen LogP contribution in [0.5, 0.6) is 0 Å². The molecular weight excluding hydrogens is 407 g/mol. The van der Waals surface area contributed by atoms with Crippen molar-refractivity contribution in [3.63, 3.8) is 0 Å². The summed E-state index contributed by atoms with van der Waals surface area (Å²) in [6, 6.07) is 11.7. The second-order valence-corrected chi connectivity index (χ2v) is 7.45. The van der Waals surface area contributed by atoms with E-state index in [0.29, 0.717) is 27.6 Å². The highest BCUT2D eigenvalue weighted by atomic mass is 35.5. The van der Waals surface area contributed by atoms with Crippen LogP contribution in [0, 0.1) is 0 Å². The summed E-state index contributed by atoms with van der Waals surface area (Å²) >= 11 is 13.1. The Bertz CT molecular complexity index is 1440. The average Bonchev–Trinajstić information content (AvgIpc) is 3.30. The van der Waals surface area contributed by atoms with Gasteiger partial charge in [-0.2, -0.15) is 5.10 Å². The summed E-state index contributed by atoms with van der Waals surface area (Å²) in [5.41, 5.74) is 2.48. The van der Waals surface area contributed by atoms with Crippen LogP contribution in [0.25, 0.3) is 22.0 Å². The number of fused-ring (bicyclic) bond motifs is 2. The average molecular weight is 428 g/mol. The van der Waals surface area contributed by atoms with Crippen molar-refractivity contribution in [3.8, 4) is 11.1 Å². The van der Waals surface area contributed by atoms with Crippen LogP contribution < -0.4 is 0 Å². The summed E-state index contributed by atoms with van der Waals surface area (Å²) in [6.07, 6.45) is 2.90. The predicted molar refractivity (Wildman–Crippen MR) is 114 cm³/mol. The fourth-order valence-corrected chi connectivity index (χ4v) is 4.07. The van der Waals surface area contributed by atoms with Gasteiger partial charge in [-0.1, -0.05) is 35.3 Å². The first-order chi connectivity index (χ1) is 16.0. The van der Waals surface area contributed by atoms with Gasteiger partial charge < -0.3 is 4.90 Å². The highest BCUT2D eigenvalue weighted by Gasteiger charge is 2.29. The van der Waals surface area contributed by atoms with Crippen LogP contribution in [-0.4, -0.2) is 25.6 Å². The largest absolute Gasteiger partial charge is 0.328 e. The van der Waals surface area contributed by atoms with Crippen LogP contribution in [0.1, 0.15) is 28.5 Å². The van der Waals surface area contributed by atoms with E-state index in [1.165, 1.54) is 18.5 Å². The van der Waals surface area contributed by atoms with Crippen molar-refractivity contribution >= 4 is 40.0 Å². The Balaban J connectivity index is 1.54. The van der Waals surface area contributed by atoms with Crippen LogP contribution >= 0.6 is 23.2 Å². The number of pyridine rings is 1. The zero-order chi connectivity index (χ0) is 24.4. The first-order valence-electron chi connectivity index (χ1n) is 11.2. The van der Waals surface area contributed by atoms with Crippen LogP contribution in [0.2, 0.25) is 10.0 Å². The lowest BCUT2D eigenvalue weighted by Crippen LogP contribution is -2.23. The highest BCUT2D eigenvalue weighted by Crippen LogP contribution is 2.36. The number of carbonyl (C=O) groups is 1. The van der Waals surface area contributed by atoms with Gasteiger partial charge in [-0.3, -0.25) is 14.5 Å². The lowest BCUT2D eigenvalue weighted by atomic mass is 10.0. The molecule has 0 fully saturated rings. The molecule has 4 aromatic rings. The molecule has 0 aliphatic carbocycles. The zero-order valence-corrected chi connectivity index (χ0v) is 16.4. The second kappa shape index (κ2) is 6.87. The van der Waals surface area contributed by atoms with E-state index in [4.69, 9.17) is 30.1 Å². The van der Waals surface area contributed by atoms with Crippen molar-refractivity contribution in [1.29, 1.82) is 0 Å². The Morgan fingerprint density at radius 2 is 1.97 bits per heavy atom. The van der Waals surface area contributed by atoms with Gasteiger partial charge in [0.1, 0.15) is 0 Å². The van der Waals surface area contributed by atoms with E-state index < -0.39 is 19.4 Å². The minimum atomic E-state index is -2.41. The Kier molecular flexibility index (Phi) is 3.16. The predicted octanol–water partition coefficient (Wildman–Crippen LogP) is 5.10. The summed E-state index contributed by atoms with van der Waals surface area (Å²) in [4.78, 5) is 18.0. The molecule has 0 saturated carbocycles. The van der Waals surface area contributed by atoms with E-state index >= 15 is 0 Å². The molecule has 0 spiro atoms. The molecule has 1 aliphatic rings. The van der Waals surface area contributed by atoms with E-state index in [1.807, 2.05) is 0 Å². The van der Waals surface area contributed by atoms with Crippen molar-refractivity contribution in [2.75, 3.05) is 0 Å². The maximum Gasteiger partial charge on any atom is 0.256 e. The Hall–Kier alpha value is -2.89. The first kappa shape index (κ1) is 13.4. The van der Waals surface area contributed by atoms with E-state index in [1.54, 1.807) is 36.4 Å². The Labute approximate surface area is 184 Å². The molecule has 7 heteroatoms. The molecule has 0 atom stereocenters. The van der Waals surface area contributed by atoms with Crippen LogP contribution in [-0.2, 0) is 20.0 Å². The lowest BCUT2D eigenvalue weighted by Gasteiger charge is -2.18. The maximum atomic E-state index is 12.9. The molecule has 144 valence electrons. The molecule has 0 radical (unpaired) electrons. The highest BCUT2D eigenvalue weighted by molar-refractivity contribution is 6.36. The Morgan fingerprint density at radius 3 is 2.72 bits per heavy atom. The zero-order valence-electron chi connectivity index (χ0n) is 19.9. The molecule has 3 heterocycles. The number of halogens is 2. The molecule has 29 heavy (non-hydrogen) atoms. The maximum absolute atomic E-state index is 12.9. The molecule has 1 amide bonds. The molecule has 2 aromatic heterocycles. The lowest BCUT2D eigenvalue weighted by molar-refractivity contribution is 0.0766. The third-order valence-electron chi connectivity index (χ3n) is 4.84. The van der Waals surface area contributed by atoms with E-state index in [9.17, 15) is 4.79 Å². The van der Waals surface area contributed by atoms with E-state index in [0.717, 1.165) is 9.58 Å². The fourth-order valence-electron chi connectivity index (χ4n) is 3.46. The van der Waals surface area contributed by atoms with E-state index in [-0.39, 0.29) is 27.8 Å². The van der Waals surface area contributed by atoms with Gasteiger partial charge in [-0.05, 0) is 41.5 Å². The van der Waals surface area contributed by atoms with Crippen molar-refractivity contribution < 1.29 is 11.6 Å². The van der Waals surface area contributed by atoms with Crippen molar-refractivity contribution in [2.45, 2.75) is 13.0 Å². The quantitative estimate of drug-likeness (QED) is 0.456. The molecule has 1 aliphatic heterocycles. The number of amides is 1. The molecule has 0 N–H and O–H groups in total. The smallest absolute Gasteiger partial charge is 0.256 e. The van der Waals surface area contributed by atoms with Gasteiger partial charge in [0, 0.05) is 51.0 Å². The summed E-state index contributed by atoms with van der Waals surface area (Å²) < 4.78 is 40.6.